The van der Waals surface area contributed by atoms with Crippen molar-refractivity contribution in [3.8, 4) is 0 Å². The van der Waals surface area contributed by atoms with Gasteiger partial charge >= 0.3 is 0 Å². The van der Waals surface area contributed by atoms with Crippen LogP contribution in [-0.2, 0) is 0 Å². The van der Waals surface area contributed by atoms with Gasteiger partial charge in [-0.3, -0.25) is 0 Å². The Hall–Kier alpha value is -0.180. The summed E-state index contributed by atoms with van der Waals surface area (Å²) in [6.45, 7) is 2.13. The molecule has 0 spiro atoms. The fraction of sp³-hybridized carbons (Fsp3) is 0.571. The minimum absolute atomic E-state index is 0.313. The molecule has 0 bridgehead atoms. The van der Waals surface area contributed by atoms with Crippen LogP contribution in [-0.4, -0.2) is 12.3 Å². The summed E-state index contributed by atoms with van der Waals surface area (Å²) in [5, 5.41) is 4.91. The molecule has 1 unspecified atom stereocenters. The van der Waals surface area contributed by atoms with E-state index in [1.165, 1.54) is 36.1 Å². The second kappa shape index (κ2) is 6.12. The van der Waals surface area contributed by atoms with Gasteiger partial charge in [0.1, 0.15) is 0 Å². The Morgan fingerprint density at radius 3 is 2.65 bits per heavy atom. The number of benzene rings is 1. The van der Waals surface area contributed by atoms with Gasteiger partial charge in [-0.25, -0.2) is 0 Å². The fourth-order valence-corrected chi connectivity index (χ4v) is 3.98. The first-order valence-corrected chi connectivity index (χ1v) is 7.60. The maximum atomic E-state index is 6.34. The summed E-state index contributed by atoms with van der Waals surface area (Å²) in [7, 11) is 1.96. The quantitative estimate of drug-likeness (QED) is 0.854. The molecule has 1 atom stereocenters. The van der Waals surface area contributed by atoms with Gasteiger partial charge < -0.3 is 5.32 Å². The molecule has 0 heterocycles. The smallest absolute Gasteiger partial charge is 0.0464 e. The number of hydrogen-bond acceptors (Lipinski definition) is 2. The predicted octanol–water partition coefficient (Wildman–Crippen LogP) is 4.66. The summed E-state index contributed by atoms with van der Waals surface area (Å²) in [5.74, 6) is 0. The topological polar surface area (TPSA) is 12.0 Å². The highest BCUT2D eigenvalue weighted by Crippen LogP contribution is 2.36. The lowest BCUT2D eigenvalue weighted by Gasteiger charge is -2.14. The van der Waals surface area contributed by atoms with Gasteiger partial charge in [-0.15, -0.1) is 11.8 Å². The van der Waals surface area contributed by atoms with Crippen LogP contribution in [0.15, 0.2) is 23.1 Å². The van der Waals surface area contributed by atoms with E-state index in [-0.39, 0.29) is 0 Å². The van der Waals surface area contributed by atoms with Crippen molar-refractivity contribution >= 4 is 23.4 Å². The summed E-state index contributed by atoms with van der Waals surface area (Å²) in [5.41, 5.74) is 1.19. The van der Waals surface area contributed by atoms with E-state index in [4.69, 9.17) is 11.6 Å². The Bertz CT molecular complexity index is 374. The van der Waals surface area contributed by atoms with Crippen molar-refractivity contribution in [3.63, 3.8) is 0 Å². The maximum absolute atomic E-state index is 6.34. The van der Waals surface area contributed by atoms with Crippen LogP contribution in [0.4, 0.5) is 0 Å². The van der Waals surface area contributed by atoms with Crippen LogP contribution in [0.2, 0.25) is 5.02 Å². The molecular formula is C14H20ClNS. The Labute approximate surface area is 113 Å². The first-order valence-electron chi connectivity index (χ1n) is 6.34. The molecule has 0 saturated heterocycles. The van der Waals surface area contributed by atoms with E-state index < -0.39 is 0 Å². The molecular weight excluding hydrogens is 250 g/mol. The second-order valence-electron chi connectivity index (χ2n) is 4.72. The molecule has 1 aromatic rings. The van der Waals surface area contributed by atoms with E-state index in [0.717, 1.165) is 10.3 Å². The van der Waals surface area contributed by atoms with Crippen molar-refractivity contribution in [1.29, 1.82) is 0 Å². The molecule has 94 valence electrons. The van der Waals surface area contributed by atoms with Gasteiger partial charge in [0.15, 0.2) is 0 Å². The molecule has 1 nitrogen and oxygen atoms in total. The minimum atomic E-state index is 0.313. The Morgan fingerprint density at radius 2 is 2.06 bits per heavy atom. The lowest BCUT2D eigenvalue weighted by molar-refractivity contribution is 0.652. The normalized spacial score (nSPS) is 18.5. The summed E-state index contributed by atoms with van der Waals surface area (Å²) >= 11 is 8.32. The van der Waals surface area contributed by atoms with Crippen LogP contribution in [0.3, 0.4) is 0 Å². The van der Waals surface area contributed by atoms with Crippen LogP contribution in [0.1, 0.15) is 44.2 Å². The number of thioether (sulfide) groups is 1. The Balaban J connectivity index is 2.07. The molecule has 1 aromatic carbocycles. The highest BCUT2D eigenvalue weighted by Gasteiger charge is 2.17. The van der Waals surface area contributed by atoms with Gasteiger partial charge in [0.25, 0.3) is 0 Å². The van der Waals surface area contributed by atoms with Crippen molar-refractivity contribution in [2.75, 3.05) is 7.05 Å². The number of halogens is 1. The number of rotatable bonds is 4. The summed E-state index contributed by atoms with van der Waals surface area (Å²) in [4.78, 5) is 1.31. The summed E-state index contributed by atoms with van der Waals surface area (Å²) in [6, 6.07) is 6.79. The number of hydrogen-bond donors (Lipinski definition) is 1. The molecule has 1 fully saturated rings. The highest BCUT2D eigenvalue weighted by atomic mass is 35.5. The average molecular weight is 270 g/mol. The van der Waals surface area contributed by atoms with Gasteiger partial charge in [0, 0.05) is 21.2 Å². The van der Waals surface area contributed by atoms with Crippen LogP contribution < -0.4 is 5.32 Å². The third-order valence-electron chi connectivity index (χ3n) is 3.48. The van der Waals surface area contributed by atoms with Crippen molar-refractivity contribution in [2.24, 2.45) is 0 Å². The molecule has 0 aliphatic heterocycles. The lowest BCUT2D eigenvalue weighted by Crippen LogP contribution is -2.12. The van der Waals surface area contributed by atoms with Gasteiger partial charge in [0.2, 0.25) is 0 Å². The molecule has 1 aliphatic rings. The highest BCUT2D eigenvalue weighted by molar-refractivity contribution is 8.00. The van der Waals surface area contributed by atoms with E-state index in [9.17, 15) is 0 Å². The van der Waals surface area contributed by atoms with E-state index in [1.54, 1.807) is 0 Å². The molecule has 2 rings (SSSR count). The zero-order chi connectivity index (χ0) is 12.3. The molecule has 3 heteroatoms. The van der Waals surface area contributed by atoms with Crippen molar-refractivity contribution < 1.29 is 0 Å². The van der Waals surface area contributed by atoms with Gasteiger partial charge in [-0.1, -0.05) is 30.5 Å². The zero-order valence-corrected chi connectivity index (χ0v) is 12.1. The summed E-state index contributed by atoms with van der Waals surface area (Å²) in [6.07, 6.45) is 5.49. The maximum Gasteiger partial charge on any atom is 0.0464 e. The SMILES string of the molecule is CNC(C)c1ccc(SC2CCCC2)cc1Cl. The van der Waals surface area contributed by atoms with E-state index in [0.29, 0.717) is 6.04 Å². The van der Waals surface area contributed by atoms with Crippen molar-refractivity contribution in [2.45, 2.75) is 48.8 Å². The summed E-state index contributed by atoms with van der Waals surface area (Å²) < 4.78 is 0. The molecule has 0 amide bonds. The van der Waals surface area contributed by atoms with Crippen LogP contribution in [0, 0.1) is 0 Å². The van der Waals surface area contributed by atoms with Crippen LogP contribution in [0.25, 0.3) is 0 Å². The zero-order valence-electron chi connectivity index (χ0n) is 10.5. The van der Waals surface area contributed by atoms with E-state index in [1.807, 2.05) is 18.8 Å². The standard InChI is InChI=1S/C14H20ClNS/c1-10(16-2)13-8-7-12(9-14(13)15)17-11-5-3-4-6-11/h7-11,16H,3-6H2,1-2H3. The van der Waals surface area contributed by atoms with Gasteiger partial charge in [-0.05, 0) is 44.5 Å². The molecule has 1 saturated carbocycles. The van der Waals surface area contributed by atoms with E-state index >= 15 is 0 Å². The van der Waals surface area contributed by atoms with Crippen molar-refractivity contribution in [1.82, 2.24) is 5.32 Å². The monoisotopic (exact) mass is 269 g/mol. The predicted molar refractivity (Wildman–Crippen MR) is 77.0 cm³/mol. The molecule has 1 N–H and O–H groups in total. The van der Waals surface area contributed by atoms with E-state index in [2.05, 4.69) is 30.4 Å². The third kappa shape index (κ3) is 3.40. The number of nitrogens with one attached hydrogen (secondary N) is 1. The minimum Gasteiger partial charge on any atom is -0.313 e. The van der Waals surface area contributed by atoms with Crippen molar-refractivity contribution in [3.05, 3.63) is 28.8 Å². The molecule has 17 heavy (non-hydrogen) atoms. The average Bonchev–Trinajstić information content (AvgIpc) is 2.81. The van der Waals surface area contributed by atoms with Gasteiger partial charge in [-0.2, -0.15) is 0 Å². The molecule has 0 radical (unpaired) electrons. The molecule has 1 aliphatic carbocycles. The second-order valence-corrected chi connectivity index (χ2v) is 6.50. The van der Waals surface area contributed by atoms with Crippen LogP contribution in [0.5, 0.6) is 0 Å². The lowest BCUT2D eigenvalue weighted by atomic mass is 10.1. The fourth-order valence-electron chi connectivity index (χ4n) is 2.29. The largest absolute Gasteiger partial charge is 0.313 e. The van der Waals surface area contributed by atoms with Gasteiger partial charge in [0.05, 0.1) is 0 Å². The first kappa shape index (κ1) is 13.3. The molecule has 0 aromatic heterocycles. The Morgan fingerprint density at radius 1 is 1.35 bits per heavy atom. The first-order chi connectivity index (χ1) is 8.20. The Kier molecular flexibility index (Phi) is 4.78. The van der Waals surface area contributed by atoms with Crippen LogP contribution >= 0.6 is 23.4 Å². The third-order valence-corrected chi connectivity index (χ3v) is 5.13.